The molecular formula is C13H23BrN2O2S3. The van der Waals surface area contributed by atoms with Gasteiger partial charge in [-0.1, -0.05) is 6.92 Å². The molecule has 122 valence electrons. The maximum Gasteiger partial charge on any atom is 0.242 e. The molecule has 0 bridgehead atoms. The largest absolute Gasteiger partial charge is 0.312 e. The van der Waals surface area contributed by atoms with E-state index in [0.717, 1.165) is 30.0 Å². The van der Waals surface area contributed by atoms with Crippen molar-refractivity contribution in [2.75, 3.05) is 18.6 Å². The van der Waals surface area contributed by atoms with Gasteiger partial charge in [0.05, 0.1) is 3.79 Å². The molecule has 4 nitrogen and oxygen atoms in total. The second kappa shape index (κ2) is 9.52. The van der Waals surface area contributed by atoms with Gasteiger partial charge in [-0.3, -0.25) is 0 Å². The van der Waals surface area contributed by atoms with Gasteiger partial charge in [0.15, 0.2) is 0 Å². The summed E-state index contributed by atoms with van der Waals surface area (Å²) in [6, 6.07) is 1.69. The fourth-order valence-electron chi connectivity index (χ4n) is 1.74. The lowest BCUT2D eigenvalue weighted by Crippen LogP contribution is -2.32. The summed E-state index contributed by atoms with van der Waals surface area (Å²) < 4.78 is 28.2. The Morgan fingerprint density at radius 1 is 1.48 bits per heavy atom. The minimum absolute atomic E-state index is 0.0593. The molecule has 1 rings (SSSR count). The Labute approximate surface area is 144 Å². The first-order valence-corrected chi connectivity index (χ1v) is 11.4. The van der Waals surface area contributed by atoms with Gasteiger partial charge >= 0.3 is 0 Å². The van der Waals surface area contributed by atoms with Crippen LogP contribution < -0.4 is 10.0 Å². The van der Waals surface area contributed by atoms with Crippen LogP contribution in [0.5, 0.6) is 0 Å². The van der Waals surface area contributed by atoms with Gasteiger partial charge in [0.1, 0.15) is 4.90 Å². The Bertz CT molecular complexity index is 532. The number of halogens is 1. The van der Waals surface area contributed by atoms with Gasteiger partial charge in [-0.05, 0) is 60.3 Å². The SMILES string of the molecule is CCCNCc1cc(S(=O)(=O)NC(C)CCSC)c(Br)s1. The average molecular weight is 415 g/mol. The van der Waals surface area contributed by atoms with Crippen molar-refractivity contribution in [1.29, 1.82) is 0 Å². The van der Waals surface area contributed by atoms with Crippen LogP contribution in [-0.2, 0) is 16.6 Å². The fourth-order valence-corrected chi connectivity index (χ4v) is 6.26. The summed E-state index contributed by atoms with van der Waals surface area (Å²) in [6.45, 7) is 5.64. The van der Waals surface area contributed by atoms with E-state index in [1.165, 1.54) is 11.3 Å². The Hall–Kier alpha value is 0.400. The lowest BCUT2D eigenvalue weighted by molar-refractivity contribution is 0.557. The summed E-state index contributed by atoms with van der Waals surface area (Å²) in [5.74, 6) is 0.945. The molecule has 0 aliphatic carbocycles. The Morgan fingerprint density at radius 2 is 2.19 bits per heavy atom. The summed E-state index contributed by atoms with van der Waals surface area (Å²) in [5, 5.41) is 3.28. The fraction of sp³-hybridized carbons (Fsp3) is 0.692. The second-order valence-electron chi connectivity index (χ2n) is 4.83. The molecule has 0 fully saturated rings. The molecule has 0 radical (unpaired) electrons. The Kier molecular flexibility index (Phi) is 8.82. The van der Waals surface area contributed by atoms with Gasteiger partial charge in [0.25, 0.3) is 0 Å². The number of thioether (sulfide) groups is 1. The van der Waals surface area contributed by atoms with Gasteiger partial charge in [0, 0.05) is 17.5 Å². The van der Waals surface area contributed by atoms with Crippen molar-refractivity contribution in [2.45, 2.75) is 44.2 Å². The smallest absolute Gasteiger partial charge is 0.242 e. The van der Waals surface area contributed by atoms with E-state index in [2.05, 4.69) is 32.9 Å². The van der Waals surface area contributed by atoms with Crippen molar-refractivity contribution in [3.63, 3.8) is 0 Å². The number of rotatable bonds is 10. The highest BCUT2D eigenvalue weighted by atomic mass is 79.9. The quantitative estimate of drug-likeness (QED) is 0.575. The van der Waals surface area contributed by atoms with Gasteiger partial charge in [-0.15, -0.1) is 11.3 Å². The van der Waals surface area contributed by atoms with Gasteiger partial charge in [-0.2, -0.15) is 11.8 Å². The first-order valence-electron chi connectivity index (χ1n) is 6.91. The molecule has 8 heteroatoms. The molecule has 2 N–H and O–H groups in total. The predicted octanol–water partition coefficient (Wildman–Crippen LogP) is 3.43. The van der Waals surface area contributed by atoms with E-state index in [0.29, 0.717) is 15.2 Å². The molecule has 1 unspecified atom stereocenters. The summed E-state index contributed by atoms with van der Waals surface area (Å²) >= 11 is 6.56. The van der Waals surface area contributed by atoms with Gasteiger partial charge in [-0.25, -0.2) is 13.1 Å². The van der Waals surface area contributed by atoms with Crippen LogP contribution in [0.4, 0.5) is 0 Å². The third kappa shape index (κ3) is 6.58. The molecule has 1 aromatic rings. The highest BCUT2D eigenvalue weighted by Gasteiger charge is 2.22. The van der Waals surface area contributed by atoms with E-state index in [1.54, 1.807) is 17.8 Å². The standard InChI is InChI=1S/C13H23BrN2O2S3/c1-4-6-15-9-11-8-12(13(14)20-11)21(17,18)16-10(2)5-7-19-3/h8,10,15-16H,4-7,9H2,1-3H3. The molecule has 1 heterocycles. The molecule has 21 heavy (non-hydrogen) atoms. The predicted molar refractivity (Wildman–Crippen MR) is 96.8 cm³/mol. The zero-order chi connectivity index (χ0) is 15.9. The molecule has 1 aromatic heterocycles. The van der Waals surface area contributed by atoms with Crippen LogP contribution in [0.15, 0.2) is 14.7 Å². The van der Waals surface area contributed by atoms with Crippen molar-refractivity contribution >= 4 is 49.1 Å². The number of hydrogen-bond acceptors (Lipinski definition) is 5. The highest BCUT2D eigenvalue weighted by Crippen LogP contribution is 2.31. The van der Waals surface area contributed by atoms with E-state index >= 15 is 0 Å². The molecule has 0 spiro atoms. The summed E-state index contributed by atoms with van der Waals surface area (Å²) in [6.07, 6.45) is 3.91. The first kappa shape index (κ1) is 19.4. The number of nitrogens with one attached hydrogen (secondary N) is 2. The zero-order valence-corrected chi connectivity index (χ0v) is 16.6. The van der Waals surface area contributed by atoms with E-state index in [1.807, 2.05) is 13.2 Å². The Balaban J connectivity index is 2.74. The second-order valence-corrected chi connectivity index (χ2v) is 9.95. The van der Waals surface area contributed by atoms with Crippen LogP contribution in [0.25, 0.3) is 0 Å². The molecule has 1 atom stereocenters. The maximum atomic E-state index is 12.4. The topological polar surface area (TPSA) is 58.2 Å². The van der Waals surface area contributed by atoms with E-state index in [-0.39, 0.29) is 6.04 Å². The van der Waals surface area contributed by atoms with Crippen molar-refractivity contribution in [1.82, 2.24) is 10.0 Å². The van der Waals surface area contributed by atoms with Crippen LogP contribution in [0.3, 0.4) is 0 Å². The molecule has 0 aliphatic heterocycles. The van der Waals surface area contributed by atoms with E-state index in [9.17, 15) is 8.42 Å². The summed E-state index contributed by atoms with van der Waals surface area (Å²) in [4.78, 5) is 1.37. The normalized spacial score (nSPS) is 13.5. The molecule has 0 saturated carbocycles. The molecular weight excluding hydrogens is 392 g/mol. The van der Waals surface area contributed by atoms with Crippen LogP contribution in [0, 0.1) is 0 Å². The van der Waals surface area contributed by atoms with E-state index in [4.69, 9.17) is 0 Å². The average Bonchev–Trinajstić information content (AvgIpc) is 2.78. The van der Waals surface area contributed by atoms with E-state index < -0.39 is 10.0 Å². The van der Waals surface area contributed by atoms with Gasteiger partial charge < -0.3 is 5.32 Å². The van der Waals surface area contributed by atoms with Gasteiger partial charge in [0.2, 0.25) is 10.0 Å². The lowest BCUT2D eigenvalue weighted by atomic mass is 10.3. The number of sulfonamides is 1. The number of hydrogen-bond donors (Lipinski definition) is 2. The van der Waals surface area contributed by atoms with Crippen molar-refractivity contribution in [2.24, 2.45) is 0 Å². The molecule has 0 aliphatic rings. The van der Waals surface area contributed by atoms with Crippen molar-refractivity contribution in [3.05, 3.63) is 14.7 Å². The maximum absolute atomic E-state index is 12.4. The minimum Gasteiger partial charge on any atom is -0.312 e. The van der Waals surface area contributed by atoms with Crippen LogP contribution >= 0.6 is 39.0 Å². The van der Waals surface area contributed by atoms with Crippen molar-refractivity contribution < 1.29 is 8.42 Å². The molecule has 0 saturated heterocycles. The third-order valence-corrected chi connectivity index (χ3v) is 7.32. The zero-order valence-electron chi connectivity index (χ0n) is 12.6. The highest BCUT2D eigenvalue weighted by molar-refractivity contribution is 9.11. The summed E-state index contributed by atoms with van der Waals surface area (Å²) in [5.41, 5.74) is 0. The number of thiophene rings is 1. The molecule has 0 amide bonds. The first-order chi connectivity index (χ1) is 9.90. The van der Waals surface area contributed by atoms with Crippen LogP contribution in [-0.4, -0.2) is 33.0 Å². The molecule has 0 aromatic carbocycles. The summed E-state index contributed by atoms with van der Waals surface area (Å²) in [7, 11) is -3.45. The van der Waals surface area contributed by atoms with Crippen LogP contribution in [0.2, 0.25) is 0 Å². The third-order valence-electron chi connectivity index (χ3n) is 2.83. The lowest BCUT2D eigenvalue weighted by Gasteiger charge is -2.13. The minimum atomic E-state index is -3.45. The van der Waals surface area contributed by atoms with Crippen molar-refractivity contribution in [3.8, 4) is 0 Å². The van der Waals surface area contributed by atoms with Crippen LogP contribution in [0.1, 0.15) is 31.6 Å². The monoisotopic (exact) mass is 414 g/mol. The Morgan fingerprint density at radius 3 is 2.81 bits per heavy atom.